The molecule has 1 aliphatic heterocycles. The number of nitrogens with two attached hydrogens (primary N) is 1. The van der Waals surface area contributed by atoms with E-state index in [2.05, 4.69) is 4.90 Å². The lowest BCUT2D eigenvalue weighted by molar-refractivity contribution is 0.572. The summed E-state index contributed by atoms with van der Waals surface area (Å²) < 4.78 is 13.2. The molecule has 1 aliphatic rings. The largest absolute Gasteiger partial charge is 0.371 e. The quantitative estimate of drug-likeness (QED) is 0.833. The van der Waals surface area contributed by atoms with Gasteiger partial charge in [0.15, 0.2) is 0 Å². The van der Waals surface area contributed by atoms with E-state index in [1.54, 1.807) is 6.07 Å². The molecule has 0 bridgehead atoms. The number of nitrogens with zero attached hydrogens (tertiary/aromatic N) is 1. The van der Waals surface area contributed by atoms with E-state index >= 15 is 0 Å². The van der Waals surface area contributed by atoms with Gasteiger partial charge < -0.3 is 10.6 Å². The van der Waals surface area contributed by atoms with Gasteiger partial charge in [0.2, 0.25) is 0 Å². The Hall–Kier alpha value is -1.09. The molecule has 16 heavy (non-hydrogen) atoms. The maximum Gasteiger partial charge on any atom is 0.123 e. The third-order valence-electron chi connectivity index (χ3n) is 3.18. The van der Waals surface area contributed by atoms with Crippen molar-refractivity contribution >= 4 is 5.69 Å². The summed E-state index contributed by atoms with van der Waals surface area (Å²) in [6.07, 6.45) is 3.73. The van der Waals surface area contributed by atoms with Crippen LogP contribution in [-0.4, -0.2) is 13.1 Å². The molecular formula is C13H19FN2. The second-order valence-electron chi connectivity index (χ2n) is 4.54. The Balaban J connectivity index is 2.31. The van der Waals surface area contributed by atoms with Crippen molar-refractivity contribution in [3.63, 3.8) is 0 Å². The van der Waals surface area contributed by atoms with Gasteiger partial charge >= 0.3 is 0 Å². The Kier molecular flexibility index (Phi) is 3.44. The molecule has 3 heteroatoms. The van der Waals surface area contributed by atoms with Crippen LogP contribution >= 0.6 is 0 Å². The fourth-order valence-corrected chi connectivity index (χ4v) is 2.31. The monoisotopic (exact) mass is 222 g/mol. The molecular weight excluding hydrogens is 203 g/mol. The van der Waals surface area contributed by atoms with Gasteiger partial charge in [0.1, 0.15) is 5.82 Å². The molecule has 88 valence electrons. The summed E-state index contributed by atoms with van der Waals surface area (Å²) in [5, 5.41) is 0. The third kappa shape index (κ3) is 2.35. The summed E-state index contributed by atoms with van der Waals surface area (Å²) in [5.74, 6) is -0.201. The predicted molar refractivity (Wildman–Crippen MR) is 65.1 cm³/mol. The SMILES string of the molecule is C[C@H](N)c1cc(F)ccc1N1CCCCC1. The van der Waals surface area contributed by atoms with Gasteiger partial charge in [0.05, 0.1) is 0 Å². The summed E-state index contributed by atoms with van der Waals surface area (Å²) in [7, 11) is 0. The zero-order chi connectivity index (χ0) is 11.5. The first-order valence-corrected chi connectivity index (χ1v) is 5.98. The zero-order valence-corrected chi connectivity index (χ0v) is 9.75. The molecule has 0 radical (unpaired) electrons. The van der Waals surface area contributed by atoms with Crippen LogP contribution in [0.3, 0.4) is 0 Å². The number of rotatable bonds is 2. The van der Waals surface area contributed by atoms with Gasteiger partial charge in [0, 0.05) is 24.8 Å². The molecule has 1 saturated heterocycles. The summed E-state index contributed by atoms with van der Waals surface area (Å²) in [6, 6.07) is 4.83. The molecule has 0 unspecified atom stereocenters. The van der Waals surface area contributed by atoms with E-state index in [4.69, 9.17) is 5.73 Å². The lowest BCUT2D eigenvalue weighted by Crippen LogP contribution is -2.31. The van der Waals surface area contributed by atoms with Crippen LogP contribution in [0.5, 0.6) is 0 Å². The van der Waals surface area contributed by atoms with Crippen LogP contribution < -0.4 is 10.6 Å². The van der Waals surface area contributed by atoms with Gasteiger partial charge in [0.25, 0.3) is 0 Å². The number of halogens is 1. The number of anilines is 1. The minimum Gasteiger partial charge on any atom is -0.371 e. The van der Waals surface area contributed by atoms with Gasteiger partial charge in [-0.3, -0.25) is 0 Å². The molecule has 1 aromatic carbocycles. The van der Waals surface area contributed by atoms with Crippen molar-refractivity contribution in [2.75, 3.05) is 18.0 Å². The van der Waals surface area contributed by atoms with Gasteiger partial charge in [-0.05, 0) is 49.9 Å². The molecule has 1 aromatic rings. The lowest BCUT2D eigenvalue weighted by atomic mass is 10.0. The number of piperidine rings is 1. The normalized spacial score (nSPS) is 18.6. The van der Waals surface area contributed by atoms with Crippen molar-refractivity contribution < 1.29 is 4.39 Å². The Morgan fingerprint density at radius 2 is 1.94 bits per heavy atom. The standard InChI is InChI=1S/C13H19FN2/c1-10(15)12-9-11(14)5-6-13(12)16-7-3-2-4-8-16/h5-6,9-10H,2-4,7-8,15H2,1H3/t10-/m0/s1. The highest BCUT2D eigenvalue weighted by molar-refractivity contribution is 5.55. The van der Waals surface area contributed by atoms with E-state index in [1.165, 1.54) is 25.3 Å². The van der Waals surface area contributed by atoms with E-state index in [9.17, 15) is 4.39 Å². The Bertz CT molecular complexity index is 357. The highest BCUT2D eigenvalue weighted by Gasteiger charge is 2.16. The Morgan fingerprint density at radius 3 is 2.56 bits per heavy atom. The fraction of sp³-hybridized carbons (Fsp3) is 0.538. The molecule has 1 atom stereocenters. The van der Waals surface area contributed by atoms with Gasteiger partial charge in [-0.2, -0.15) is 0 Å². The lowest BCUT2D eigenvalue weighted by Gasteiger charge is -2.31. The number of benzene rings is 1. The number of hydrogen-bond acceptors (Lipinski definition) is 2. The average molecular weight is 222 g/mol. The summed E-state index contributed by atoms with van der Waals surface area (Å²) in [6.45, 7) is 4.03. The van der Waals surface area contributed by atoms with Gasteiger partial charge in [-0.15, -0.1) is 0 Å². The van der Waals surface area contributed by atoms with E-state index in [-0.39, 0.29) is 11.9 Å². The topological polar surface area (TPSA) is 29.3 Å². The van der Waals surface area contributed by atoms with Crippen molar-refractivity contribution in [2.24, 2.45) is 5.73 Å². The molecule has 0 saturated carbocycles. The molecule has 0 amide bonds. The van der Waals surface area contributed by atoms with Crippen molar-refractivity contribution in [1.29, 1.82) is 0 Å². The highest BCUT2D eigenvalue weighted by Crippen LogP contribution is 2.28. The number of hydrogen-bond donors (Lipinski definition) is 1. The Labute approximate surface area is 96.2 Å². The van der Waals surface area contributed by atoms with Crippen LogP contribution in [0, 0.1) is 5.82 Å². The summed E-state index contributed by atoms with van der Waals surface area (Å²) in [4.78, 5) is 2.32. The highest BCUT2D eigenvalue weighted by atomic mass is 19.1. The summed E-state index contributed by atoms with van der Waals surface area (Å²) in [5.41, 5.74) is 7.92. The average Bonchev–Trinajstić information content (AvgIpc) is 2.30. The van der Waals surface area contributed by atoms with Gasteiger partial charge in [-0.1, -0.05) is 0 Å². The molecule has 1 heterocycles. The first-order chi connectivity index (χ1) is 7.68. The van der Waals surface area contributed by atoms with Gasteiger partial charge in [-0.25, -0.2) is 4.39 Å². The third-order valence-corrected chi connectivity index (χ3v) is 3.18. The second-order valence-corrected chi connectivity index (χ2v) is 4.54. The van der Waals surface area contributed by atoms with Crippen LogP contribution in [-0.2, 0) is 0 Å². The molecule has 2 rings (SSSR count). The van der Waals surface area contributed by atoms with E-state index in [0.29, 0.717) is 0 Å². The zero-order valence-electron chi connectivity index (χ0n) is 9.75. The summed E-state index contributed by atoms with van der Waals surface area (Å²) >= 11 is 0. The fourth-order valence-electron chi connectivity index (χ4n) is 2.31. The molecule has 0 aromatic heterocycles. The first kappa shape index (κ1) is 11.4. The molecule has 0 spiro atoms. The van der Waals surface area contributed by atoms with Crippen LogP contribution in [0.1, 0.15) is 37.8 Å². The van der Waals surface area contributed by atoms with Crippen molar-refractivity contribution in [3.8, 4) is 0 Å². The molecule has 2 N–H and O–H groups in total. The Morgan fingerprint density at radius 1 is 1.25 bits per heavy atom. The van der Waals surface area contributed by atoms with E-state index in [1.807, 2.05) is 13.0 Å². The van der Waals surface area contributed by atoms with E-state index in [0.717, 1.165) is 24.3 Å². The smallest absolute Gasteiger partial charge is 0.123 e. The first-order valence-electron chi connectivity index (χ1n) is 5.98. The second kappa shape index (κ2) is 4.83. The maximum absolute atomic E-state index is 13.2. The molecule has 2 nitrogen and oxygen atoms in total. The maximum atomic E-state index is 13.2. The van der Waals surface area contributed by atoms with Crippen LogP contribution in [0.4, 0.5) is 10.1 Å². The molecule has 0 aliphatic carbocycles. The molecule has 1 fully saturated rings. The van der Waals surface area contributed by atoms with Crippen molar-refractivity contribution in [3.05, 3.63) is 29.6 Å². The van der Waals surface area contributed by atoms with Crippen LogP contribution in [0.25, 0.3) is 0 Å². The van der Waals surface area contributed by atoms with Crippen LogP contribution in [0.15, 0.2) is 18.2 Å². The van der Waals surface area contributed by atoms with Crippen molar-refractivity contribution in [1.82, 2.24) is 0 Å². The van der Waals surface area contributed by atoms with Crippen molar-refractivity contribution in [2.45, 2.75) is 32.2 Å². The minimum atomic E-state index is -0.201. The van der Waals surface area contributed by atoms with E-state index < -0.39 is 0 Å². The predicted octanol–water partition coefficient (Wildman–Crippen LogP) is 2.84. The minimum absolute atomic E-state index is 0.118. The van der Waals surface area contributed by atoms with Crippen LogP contribution in [0.2, 0.25) is 0 Å².